The Bertz CT molecular complexity index is 855. The van der Waals surface area contributed by atoms with Crippen LogP contribution in [0.1, 0.15) is 17.3 Å². The number of nitrogens with zero attached hydrogens (tertiary/aromatic N) is 4. The second-order valence-electron chi connectivity index (χ2n) is 4.97. The standard InChI is InChI=1S/C16H15N5O2/c1-10(22)11-3-6-13(7-4-11)21-16(18-19-20-21)12-5-8-15(23-2)14(17)9-12/h3-9H,17H2,1-2H3. The first-order valence-electron chi connectivity index (χ1n) is 6.94. The van der Waals surface area contributed by atoms with Gasteiger partial charge in [0.15, 0.2) is 11.6 Å². The molecule has 0 atom stereocenters. The second kappa shape index (κ2) is 5.88. The molecule has 116 valence electrons. The highest BCUT2D eigenvalue weighted by Crippen LogP contribution is 2.28. The van der Waals surface area contributed by atoms with Crippen molar-refractivity contribution in [2.75, 3.05) is 12.8 Å². The van der Waals surface area contributed by atoms with Crippen LogP contribution in [0.5, 0.6) is 5.75 Å². The maximum atomic E-state index is 11.4. The number of aromatic nitrogens is 4. The van der Waals surface area contributed by atoms with Crippen LogP contribution in [0.25, 0.3) is 17.1 Å². The second-order valence-corrected chi connectivity index (χ2v) is 4.97. The number of nitrogen functional groups attached to an aromatic ring is 1. The SMILES string of the molecule is COc1ccc(-c2nnnn2-c2ccc(C(C)=O)cc2)cc1N. The first-order chi connectivity index (χ1) is 11.1. The summed E-state index contributed by atoms with van der Waals surface area (Å²) < 4.78 is 6.74. The number of anilines is 1. The Hall–Kier alpha value is -3.22. The molecule has 0 unspecified atom stereocenters. The summed E-state index contributed by atoms with van der Waals surface area (Å²) >= 11 is 0. The lowest BCUT2D eigenvalue weighted by molar-refractivity contribution is 0.101. The molecule has 23 heavy (non-hydrogen) atoms. The lowest BCUT2D eigenvalue weighted by atomic mass is 10.1. The Balaban J connectivity index is 2.02. The average Bonchev–Trinajstić information content (AvgIpc) is 3.04. The smallest absolute Gasteiger partial charge is 0.187 e. The summed E-state index contributed by atoms with van der Waals surface area (Å²) in [5.41, 5.74) is 8.60. The molecule has 0 amide bonds. The van der Waals surface area contributed by atoms with Gasteiger partial charge in [0, 0.05) is 11.1 Å². The van der Waals surface area contributed by atoms with Crippen molar-refractivity contribution in [2.24, 2.45) is 0 Å². The number of hydrogen-bond donors (Lipinski definition) is 1. The van der Waals surface area contributed by atoms with Gasteiger partial charge in [0.2, 0.25) is 0 Å². The molecule has 0 aliphatic carbocycles. The van der Waals surface area contributed by atoms with Crippen LogP contribution in [-0.2, 0) is 0 Å². The number of hydrogen-bond acceptors (Lipinski definition) is 6. The highest BCUT2D eigenvalue weighted by atomic mass is 16.5. The van der Waals surface area contributed by atoms with E-state index in [1.54, 1.807) is 48.2 Å². The molecule has 0 aliphatic rings. The molecule has 1 heterocycles. The van der Waals surface area contributed by atoms with Crippen molar-refractivity contribution >= 4 is 11.5 Å². The Kier molecular flexibility index (Phi) is 3.76. The molecular formula is C16H15N5O2. The van der Waals surface area contributed by atoms with E-state index in [1.807, 2.05) is 6.07 Å². The summed E-state index contributed by atoms with van der Waals surface area (Å²) in [5.74, 6) is 1.16. The predicted molar refractivity (Wildman–Crippen MR) is 85.6 cm³/mol. The molecule has 2 N–H and O–H groups in total. The van der Waals surface area contributed by atoms with Crippen LogP contribution >= 0.6 is 0 Å². The van der Waals surface area contributed by atoms with Crippen LogP contribution in [0, 0.1) is 0 Å². The van der Waals surface area contributed by atoms with E-state index in [0.29, 0.717) is 22.8 Å². The zero-order valence-corrected chi connectivity index (χ0v) is 12.7. The Morgan fingerprint density at radius 3 is 2.52 bits per heavy atom. The van der Waals surface area contributed by atoms with E-state index in [9.17, 15) is 4.79 Å². The van der Waals surface area contributed by atoms with Gasteiger partial charge in [0.1, 0.15) is 5.75 Å². The van der Waals surface area contributed by atoms with E-state index in [1.165, 1.54) is 6.92 Å². The quantitative estimate of drug-likeness (QED) is 0.586. The number of benzene rings is 2. The van der Waals surface area contributed by atoms with Crippen LogP contribution in [0.4, 0.5) is 5.69 Å². The number of Topliss-reactive ketones (excluding diaryl/α,β-unsaturated/α-hetero) is 1. The van der Waals surface area contributed by atoms with E-state index in [2.05, 4.69) is 15.5 Å². The van der Waals surface area contributed by atoms with Crippen molar-refractivity contribution in [3.8, 4) is 22.8 Å². The topological polar surface area (TPSA) is 95.9 Å². The van der Waals surface area contributed by atoms with Crippen molar-refractivity contribution in [3.63, 3.8) is 0 Å². The largest absolute Gasteiger partial charge is 0.495 e. The zero-order chi connectivity index (χ0) is 16.4. The van der Waals surface area contributed by atoms with Crippen molar-refractivity contribution in [2.45, 2.75) is 6.92 Å². The van der Waals surface area contributed by atoms with Crippen molar-refractivity contribution < 1.29 is 9.53 Å². The Morgan fingerprint density at radius 1 is 1.17 bits per heavy atom. The number of rotatable bonds is 4. The molecule has 3 aromatic rings. The molecule has 0 fully saturated rings. The minimum absolute atomic E-state index is 0.0106. The van der Waals surface area contributed by atoms with Gasteiger partial charge >= 0.3 is 0 Å². The van der Waals surface area contributed by atoms with Gasteiger partial charge in [-0.3, -0.25) is 4.79 Å². The van der Waals surface area contributed by atoms with E-state index in [-0.39, 0.29) is 5.78 Å². The molecule has 0 aliphatic heterocycles. The molecule has 0 spiro atoms. The summed E-state index contributed by atoms with van der Waals surface area (Å²) in [7, 11) is 1.56. The third-order valence-electron chi connectivity index (χ3n) is 3.48. The third kappa shape index (κ3) is 2.76. The fraction of sp³-hybridized carbons (Fsp3) is 0.125. The van der Waals surface area contributed by atoms with Crippen LogP contribution in [0.3, 0.4) is 0 Å². The summed E-state index contributed by atoms with van der Waals surface area (Å²) in [6.45, 7) is 1.53. The van der Waals surface area contributed by atoms with Gasteiger partial charge in [-0.15, -0.1) is 5.10 Å². The number of methoxy groups -OCH3 is 1. The zero-order valence-electron chi connectivity index (χ0n) is 12.7. The van der Waals surface area contributed by atoms with Gasteiger partial charge in [0.05, 0.1) is 18.5 Å². The van der Waals surface area contributed by atoms with E-state index in [0.717, 1.165) is 11.3 Å². The van der Waals surface area contributed by atoms with Gasteiger partial charge in [0.25, 0.3) is 0 Å². The first-order valence-corrected chi connectivity index (χ1v) is 6.94. The molecule has 0 radical (unpaired) electrons. The first kappa shape index (κ1) is 14.7. The fourth-order valence-corrected chi connectivity index (χ4v) is 2.25. The van der Waals surface area contributed by atoms with Crippen LogP contribution < -0.4 is 10.5 Å². The minimum Gasteiger partial charge on any atom is -0.495 e. The Labute approximate surface area is 132 Å². The Morgan fingerprint density at radius 2 is 1.91 bits per heavy atom. The highest BCUT2D eigenvalue weighted by molar-refractivity contribution is 5.94. The lowest BCUT2D eigenvalue weighted by Gasteiger charge is -2.08. The molecule has 3 rings (SSSR count). The number of nitrogens with two attached hydrogens (primary N) is 1. The normalized spacial score (nSPS) is 10.5. The van der Waals surface area contributed by atoms with Gasteiger partial charge in [-0.1, -0.05) is 0 Å². The number of ketones is 1. The van der Waals surface area contributed by atoms with E-state index >= 15 is 0 Å². The number of carbonyl (C=O) groups excluding carboxylic acids is 1. The monoisotopic (exact) mass is 309 g/mol. The summed E-state index contributed by atoms with van der Waals surface area (Å²) in [6, 6.07) is 12.4. The van der Waals surface area contributed by atoms with E-state index in [4.69, 9.17) is 10.5 Å². The van der Waals surface area contributed by atoms with Crippen LogP contribution in [-0.4, -0.2) is 33.1 Å². The van der Waals surface area contributed by atoms with Crippen molar-refractivity contribution in [1.29, 1.82) is 0 Å². The fourth-order valence-electron chi connectivity index (χ4n) is 2.25. The molecule has 0 saturated carbocycles. The molecule has 0 bridgehead atoms. The maximum absolute atomic E-state index is 11.4. The summed E-state index contributed by atoms with van der Waals surface area (Å²) in [5, 5.41) is 11.8. The van der Waals surface area contributed by atoms with Crippen molar-refractivity contribution in [1.82, 2.24) is 20.2 Å². The van der Waals surface area contributed by atoms with Gasteiger partial charge < -0.3 is 10.5 Å². The molecule has 7 heteroatoms. The maximum Gasteiger partial charge on any atom is 0.187 e. The van der Waals surface area contributed by atoms with E-state index < -0.39 is 0 Å². The predicted octanol–water partition coefficient (Wildman–Crippen LogP) is 2.12. The molecular weight excluding hydrogens is 294 g/mol. The summed E-state index contributed by atoms with van der Waals surface area (Å²) in [6.07, 6.45) is 0. The number of ether oxygens (including phenoxy) is 1. The van der Waals surface area contributed by atoms with Gasteiger partial charge in [-0.05, 0) is 59.8 Å². The van der Waals surface area contributed by atoms with Gasteiger partial charge in [-0.2, -0.15) is 4.68 Å². The summed E-state index contributed by atoms with van der Waals surface area (Å²) in [4.78, 5) is 11.4. The van der Waals surface area contributed by atoms with Gasteiger partial charge in [-0.25, -0.2) is 0 Å². The lowest BCUT2D eigenvalue weighted by Crippen LogP contribution is -2.01. The molecule has 0 saturated heterocycles. The van der Waals surface area contributed by atoms with Crippen LogP contribution in [0.15, 0.2) is 42.5 Å². The van der Waals surface area contributed by atoms with Crippen molar-refractivity contribution in [3.05, 3.63) is 48.0 Å². The molecule has 2 aromatic carbocycles. The molecule has 7 nitrogen and oxygen atoms in total. The third-order valence-corrected chi connectivity index (χ3v) is 3.48. The molecule has 1 aromatic heterocycles. The minimum atomic E-state index is 0.0106. The number of tetrazole rings is 1. The number of carbonyl (C=O) groups is 1. The highest BCUT2D eigenvalue weighted by Gasteiger charge is 2.13. The van der Waals surface area contributed by atoms with Crippen LogP contribution in [0.2, 0.25) is 0 Å². The average molecular weight is 309 g/mol.